The summed E-state index contributed by atoms with van der Waals surface area (Å²) in [5.41, 5.74) is 6.25. The van der Waals surface area contributed by atoms with Crippen molar-refractivity contribution in [2.75, 3.05) is 5.73 Å². The molecule has 4 atom stereocenters. The zero-order valence-electron chi connectivity index (χ0n) is 9.19. The molecule has 4 rings (SSSR count). The topological polar surface area (TPSA) is 102 Å². The molecule has 2 aromatic rings. The first-order valence-electron chi connectivity index (χ1n) is 5.64. The third-order valence-electron chi connectivity index (χ3n) is 3.60. The second-order valence-electron chi connectivity index (χ2n) is 4.63. The van der Waals surface area contributed by atoms with Crippen LogP contribution in [0.2, 0.25) is 0 Å². The van der Waals surface area contributed by atoms with Gasteiger partial charge in [-0.1, -0.05) is 0 Å². The van der Waals surface area contributed by atoms with Gasteiger partial charge in [-0.2, -0.15) is 14.4 Å². The standard InChI is InChI=1S/C10H10FN5O2/c11-10-14-8(12)5-9(15-10)16(2-13-5)3-1-4-7(18-4)6(3)17/h2-4,6-7,17H,1H2,(H2,12,14,15)/t3-,4-,6+,7-/m1/s1. The average molecular weight is 251 g/mol. The van der Waals surface area contributed by atoms with Crippen molar-refractivity contribution in [1.29, 1.82) is 0 Å². The summed E-state index contributed by atoms with van der Waals surface area (Å²) in [7, 11) is 0. The Labute approximate surface area is 100 Å². The van der Waals surface area contributed by atoms with Gasteiger partial charge in [0.2, 0.25) is 0 Å². The monoisotopic (exact) mass is 251 g/mol. The number of nitrogens with zero attached hydrogens (tertiary/aromatic N) is 4. The molecule has 3 N–H and O–H groups in total. The van der Waals surface area contributed by atoms with E-state index in [0.717, 1.165) is 0 Å². The number of hydrogen-bond acceptors (Lipinski definition) is 6. The van der Waals surface area contributed by atoms with Crippen LogP contribution >= 0.6 is 0 Å². The first-order chi connectivity index (χ1) is 8.65. The smallest absolute Gasteiger partial charge is 0.312 e. The van der Waals surface area contributed by atoms with E-state index in [9.17, 15) is 9.50 Å². The van der Waals surface area contributed by atoms with Crippen molar-refractivity contribution in [3.05, 3.63) is 12.4 Å². The largest absolute Gasteiger partial charge is 0.388 e. The summed E-state index contributed by atoms with van der Waals surface area (Å²) in [5.74, 6) is 0.00476. The molecule has 94 valence electrons. The number of rotatable bonds is 1. The molecule has 1 aliphatic heterocycles. The highest BCUT2D eigenvalue weighted by Gasteiger charge is 2.56. The minimum atomic E-state index is -0.893. The fraction of sp³-hybridized carbons (Fsp3) is 0.500. The van der Waals surface area contributed by atoms with Crippen LogP contribution in [0.4, 0.5) is 10.2 Å². The van der Waals surface area contributed by atoms with E-state index in [4.69, 9.17) is 10.5 Å². The van der Waals surface area contributed by atoms with Crippen molar-refractivity contribution in [1.82, 2.24) is 19.5 Å². The number of epoxide rings is 1. The van der Waals surface area contributed by atoms with Crippen LogP contribution in [0.15, 0.2) is 6.33 Å². The predicted octanol–water partition coefficient (Wildman–Crippen LogP) is -0.379. The van der Waals surface area contributed by atoms with Crippen molar-refractivity contribution in [2.24, 2.45) is 0 Å². The van der Waals surface area contributed by atoms with E-state index in [0.29, 0.717) is 17.6 Å². The van der Waals surface area contributed by atoms with Crippen molar-refractivity contribution in [3.63, 3.8) is 0 Å². The first-order valence-corrected chi connectivity index (χ1v) is 5.64. The van der Waals surface area contributed by atoms with Gasteiger partial charge in [0, 0.05) is 0 Å². The molecule has 0 spiro atoms. The number of aliphatic hydroxyl groups excluding tert-OH is 1. The number of halogens is 1. The fourth-order valence-electron chi connectivity index (χ4n) is 2.67. The molecule has 2 aromatic heterocycles. The summed E-state index contributed by atoms with van der Waals surface area (Å²) in [6.07, 6.45) is 0.640. The molecule has 1 saturated carbocycles. The predicted molar refractivity (Wildman–Crippen MR) is 58.0 cm³/mol. The second-order valence-corrected chi connectivity index (χ2v) is 4.63. The van der Waals surface area contributed by atoms with Gasteiger partial charge >= 0.3 is 6.08 Å². The highest BCUT2D eigenvalue weighted by atomic mass is 19.1. The van der Waals surface area contributed by atoms with Gasteiger partial charge in [-0.15, -0.1) is 0 Å². The molecule has 0 aromatic carbocycles. The molecule has 0 amide bonds. The highest BCUT2D eigenvalue weighted by molar-refractivity contribution is 5.81. The lowest BCUT2D eigenvalue weighted by atomic mass is 10.2. The fourth-order valence-corrected chi connectivity index (χ4v) is 2.67. The van der Waals surface area contributed by atoms with E-state index in [1.54, 1.807) is 4.57 Å². The maximum absolute atomic E-state index is 13.2. The molecule has 0 bridgehead atoms. The Morgan fingerprint density at radius 2 is 2.33 bits per heavy atom. The minimum absolute atomic E-state index is 0.00476. The number of fused-ring (bicyclic) bond motifs is 2. The number of nitrogens with two attached hydrogens (primary N) is 1. The lowest BCUT2D eigenvalue weighted by Gasteiger charge is -2.18. The maximum atomic E-state index is 13.2. The first kappa shape index (κ1) is 10.2. The molecule has 1 aliphatic carbocycles. The van der Waals surface area contributed by atoms with Crippen LogP contribution in [0.25, 0.3) is 11.2 Å². The summed E-state index contributed by atoms with van der Waals surface area (Å²) in [4.78, 5) is 11.2. The Morgan fingerprint density at radius 1 is 1.50 bits per heavy atom. The lowest BCUT2D eigenvalue weighted by Crippen LogP contribution is -2.24. The molecule has 3 heterocycles. The number of aromatic nitrogens is 4. The number of aliphatic hydroxyl groups is 1. The molecule has 8 heteroatoms. The molecule has 0 radical (unpaired) electrons. The van der Waals surface area contributed by atoms with Crippen LogP contribution in [0.5, 0.6) is 0 Å². The number of nitrogen functional groups attached to an aromatic ring is 1. The molecule has 0 unspecified atom stereocenters. The van der Waals surface area contributed by atoms with Gasteiger partial charge in [0.15, 0.2) is 11.5 Å². The van der Waals surface area contributed by atoms with Crippen LogP contribution in [0.1, 0.15) is 12.5 Å². The van der Waals surface area contributed by atoms with Crippen molar-refractivity contribution >= 4 is 17.0 Å². The Balaban J connectivity index is 1.86. The quantitative estimate of drug-likeness (QED) is 0.529. The van der Waals surface area contributed by atoms with E-state index in [2.05, 4.69) is 15.0 Å². The molecule has 18 heavy (non-hydrogen) atoms. The normalized spacial score (nSPS) is 33.9. The summed E-state index contributed by atoms with van der Waals surface area (Å²) in [5, 5.41) is 10.0. The van der Waals surface area contributed by atoms with Gasteiger partial charge in [0.25, 0.3) is 0 Å². The Kier molecular flexibility index (Phi) is 1.78. The van der Waals surface area contributed by atoms with E-state index in [1.807, 2.05) is 0 Å². The van der Waals surface area contributed by atoms with Crippen molar-refractivity contribution < 1.29 is 14.2 Å². The van der Waals surface area contributed by atoms with Crippen molar-refractivity contribution in [3.8, 4) is 0 Å². The van der Waals surface area contributed by atoms with Crippen LogP contribution in [0, 0.1) is 6.08 Å². The number of anilines is 1. The Bertz CT molecular complexity index is 644. The summed E-state index contributed by atoms with van der Waals surface area (Å²) < 4.78 is 20.1. The van der Waals surface area contributed by atoms with E-state index in [1.165, 1.54) is 6.33 Å². The van der Waals surface area contributed by atoms with Gasteiger partial charge in [0.05, 0.1) is 18.5 Å². The van der Waals surface area contributed by atoms with Crippen LogP contribution in [0.3, 0.4) is 0 Å². The minimum Gasteiger partial charge on any atom is -0.388 e. The second kappa shape index (κ2) is 3.15. The van der Waals surface area contributed by atoms with E-state index < -0.39 is 12.2 Å². The summed E-state index contributed by atoms with van der Waals surface area (Å²) in [6, 6.07) is -0.201. The third kappa shape index (κ3) is 1.21. The molecule has 7 nitrogen and oxygen atoms in total. The number of imidazole rings is 1. The molecular formula is C10H10FN5O2. The average Bonchev–Trinajstić information content (AvgIpc) is 2.85. The van der Waals surface area contributed by atoms with Gasteiger partial charge in [-0.3, -0.25) is 0 Å². The van der Waals surface area contributed by atoms with Gasteiger partial charge < -0.3 is 20.1 Å². The summed E-state index contributed by atoms with van der Waals surface area (Å²) in [6.45, 7) is 0. The number of hydrogen-bond donors (Lipinski definition) is 2. The molecular weight excluding hydrogens is 241 g/mol. The summed E-state index contributed by atoms with van der Waals surface area (Å²) >= 11 is 0. The Morgan fingerprint density at radius 3 is 3.06 bits per heavy atom. The molecule has 2 aliphatic rings. The SMILES string of the molecule is Nc1nc(F)nc2c1ncn2[C@@H]1C[C@H]2O[C@H]2[C@H]1O. The van der Waals surface area contributed by atoms with Crippen LogP contribution < -0.4 is 5.73 Å². The van der Waals surface area contributed by atoms with E-state index >= 15 is 0 Å². The van der Waals surface area contributed by atoms with Gasteiger partial charge in [-0.25, -0.2) is 4.98 Å². The van der Waals surface area contributed by atoms with Crippen LogP contribution in [-0.2, 0) is 4.74 Å². The lowest BCUT2D eigenvalue weighted by molar-refractivity contribution is 0.0755. The molecule has 1 saturated heterocycles. The van der Waals surface area contributed by atoms with Gasteiger partial charge in [0.1, 0.15) is 17.7 Å². The van der Waals surface area contributed by atoms with Crippen molar-refractivity contribution in [2.45, 2.75) is 30.8 Å². The number of ether oxygens (including phenoxy) is 1. The zero-order chi connectivity index (χ0) is 12.4. The molecule has 2 fully saturated rings. The van der Waals surface area contributed by atoms with E-state index in [-0.39, 0.29) is 24.1 Å². The van der Waals surface area contributed by atoms with Crippen LogP contribution in [-0.4, -0.2) is 42.9 Å². The maximum Gasteiger partial charge on any atom is 0.312 e. The zero-order valence-corrected chi connectivity index (χ0v) is 9.19. The third-order valence-corrected chi connectivity index (χ3v) is 3.60. The Hall–Kier alpha value is -1.80. The van der Waals surface area contributed by atoms with Gasteiger partial charge in [-0.05, 0) is 6.42 Å². The highest BCUT2D eigenvalue weighted by Crippen LogP contribution is 2.45.